The van der Waals surface area contributed by atoms with Crippen molar-refractivity contribution in [1.29, 1.82) is 0 Å². The number of nitrogens with zero attached hydrogens (tertiary/aromatic N) is 5. The maximum absolute atomic E-state index is 13.1. The second-order valence-electron chi connectivity index (χ2n) is 9.08. The molecular weight excluding hydrogens is 416 g/mol. The summed E-state index contributed by atoms with van der Waals surface area (Å²) in [5.74, 6) is 0.837. The summed E-state index contributed by atoms with van der Waals surface area (Å²) >= 11 is 0. The predicted molar refractivity (Wildman–Crippen MR) is 129 cm³/mol. The van der Waals surface area contributed by atoms with Gasteiger partial charge in [0.25, 0.3) is 5.91 Å². The van der Waals surface area contributed by atoms with E-state index in [0.717, 1.165) is 43.1 Å². The predicted octanol–water partition coefficient (Wildman–Crippen LogP) is 3.75. The van der Waals surface area contributed by atoms with Gasteiger partial charge < -0.3 is 19.4 Å². The lowest BCUT2D eigenvalue weighted by molar-refractivity contribution is 0.102. The molecule has 2 aliphatic heterocycles. The Kier molecular flexibility index (Phi) is 5.70. The van der Waals surface area contributed by atoms with E-state index in [-0.39, 0.29) is 11.4 Å². The zero-order valence-corrected chi connectivity index (χ0v) is 19.7. The molecule has 2 saturated heterocycles. The summed E-state index contributed by atoms with van der Waals surface area (Å²) in [7, 11) is 0. The molecule has 33 heavy (non-hydrogen) atoms. The highest BCUT2D eigenvalue weighted by atomic mass is 16.5. The molecule has 174 valence electrons. The fourth-order valence-electron chi connectivity index (χ4n) is 5.38. The molecule has 0 radical (unpaired) electrons. The van der Waals surface area contributed by atoms with Gasteiger partial charge in [0.15, 0.2) is 5.65 Å². The first-order valence-corrected chi connectivity index (χ1v) is 11.9. The maximum atomic E-state index is 13.1. The first-order valence-electron chi connectivity index (χ1n) is 11.9. The molecule has 8 nitrogen and oxygen atoms in total. The molecule has 2 fully saturated rings. The van der Waals surface area contributed by atoms with Crippen LogP contribution in [0.15, 0.2) is 36.8 Å². The molecule has 2 aromatic heterocycles. The molecule has 5 rings (SSSR count). The molecule has 0 aliphatic carbocycles. The summed E-state index contributed by atoms with van der Waals surface area (Å²) < 4.78 is 7.76. The van der Waals surface area contributed by atoms with Crippen molar-refractivity contribution in [3.05, 3.63) is 48.0 Å². The highest BCUT2D eigenvalue weighted by Gasteiger charge is 2.43. The van der Waals surface area contributed by atoms with Gasteiger partial charge >= 0.3 is 0 Å². The summed E-state index contributed by atoms with van der Waals surface area (Å²) in [4.78, 5) is 26.9. The number of amides is 1. The van der Waals surface area contributed by atoms with Crippen LogP contribution in [0.2, 0.25) is 0 Å². The standard InChI is InChI=1S/C25H32N6O2/c1-4-25-9-6-10-31(25)12-11-29(17-25)19-7-8-20(21(13-19)33-5-2)24(32)28-22-16-30-15-18(3)27-23(30)14-26-22/h7-8,13-16H,4-6,9-12,17H2,1-3H3,(H,28,32)/t25-/m0/s1. The number of rotatable bonds is 6. The van der Waals surface area contributed by atoms with Crippen LogP contribution in [0, 0.1) is 6.92 Å². The minimum Gasteiger partial charge on any atom is -0.493 e. The Morgan fingerprint density at radius 1 is 1.21 bits per heavy atom. The van der Waals surface area contributed by atoms with E-state index < -0.39 is 0 Å². The van der Waals surface area contributed by atoms with Gasteiger partial charge in [0, 0.05) is 43.1 Å². The minimum atomic E-state index is -0.237. The summed E-state index contributed by atoms with van der Waals surface area (Å²) in [6, 6.07) is 5.93. The second-order valence-corrected chi connectivity index (χ2v) is 9.08. The van der Waals surface area contributed by atoms with Crippen molar-refractivity contribution >= 4 is 23.1 Å². The van der Waals surface area contributed by atoms with Crippen LogP contribution in [0.25, 0.3) is 5.65 Å². The first-order chi connectivity index (χ1) is 16.0. The number of piperazine rings is 1. The van der Waals surface area contributed by atoms with Crippen molar-refractivity contribution in [2.45, 2.75) is 45.6 Å². The van der Waals surface area contributed by atoms with Crippen LogP contribution in [0.1, 0.15) is 49.2 Å². The monoisotopic (exact) mass is 448 g/mol. The van der Waals surface area contributed by atoms with Gasteiger partial charge in [-0.3, -0.25) is 9.69 Å². The number of benzene rings is 1. The van der Waals surface area contributed by atoms with Crippen molar-refractivity contribution in [3.63, 3.8) is 0 Å². The number of hydrogen-bond donors (Lipinski definition) is 1. The van der Waals surface area contributed by atoms with Gasteiger partial charge in [-0.25, -0.2) is 9.97 Å². The van der Waals surface area contributed by atoms with E-state index in [1.165, 1.54) is 19.4 Å². The molecule has 0 unspecified atom stereocenters. The van der Waals surface area contributed by atoms with Crippen LogP contribution < -0.4 is 15.0 Å². The fraction of sp³-hybridized carbons (Fsp3) is 0.480. The van der Waals surface area contributed by atoms with Crippen molar-refractivity contribution in [2.24, 2.45) is 0 Å². The number of hydrogen-bond acceptors (Lipinski definition) is 6. The Morgan fingerprint density at radius 3 is 2.91 bits per heavy atom. The van der Waals surface area contributed by atoms with Gasteiger partial charge in [-0.1, -0.05) is 6.92 Å². The van der Waals surface area contributed by atoms with Gasteiger partial charge in [0.1, 0.15) is 11.6 Å². The lowest BCUT2D eigenvalue weighted by atomic mass is 9.90. The van der Waals surface area contributed by atoms with E-state index in [9.17, 15) is 4.79 Å². The van der Waals surface area contributed by atoms with Crippen molar-refractivity contribution in [1.82, 2.24) is 19.3 Å². The zero-order valence-electron chi connectivity index (χ0n) is 19.7. The van der Waals surface area contributed by atoms with Gasteiger partial charge in [0.2, 0.25) is 0 Å². The van der Waals surface area contributed by atoms with Crippen molar-refractivity contribution in [3.8, 4) is 5.75 Å². The molecule has 4 heterocycles. The average molecular weight is 449 g/mol. The van der Waals surface area contributed by atoms with Gasteiger partial charge in [-0.05, 0) is 51.8 Å². The number of aryl methyl sites for hydroxylation is 1. The van der Waals surface area contributed by atoms with E-state index in [2.05, 4.69) is 32.0 Å². The Morgan fingerprint density at radius 2 is 2.09 bits per heavy atom. The van der Waals surface area contributed by atoms with Gasteiger partial charge in [0.05, 0.1) is 30.3 Å². The highest BCUT2D eigenvalue weighted by molar-refractivity contribution is 6.06. The lowest BCUT2D eigenvalue weighted by Crippen LogP contribution is -2.59. The van der Waals surface area contributed by atoms with Gasteiger partial charge in [-0.2, -0.15) is 0 Å². The number of anilines is 2. The van der Waals surface area contributed by atoms with Crippen LogP contribution in [0.5, 0.6) is 5.75 Å². The Hall–Kier alpha value is -3.13. The molecule has 1 N–H and O–H groups in total. The third kappa shape index (κ3) is 4.04. The Bertz CT molecular complexity index is 1170. The molecule has 0 bridgehead atoms. The zero-order chi connectivity index (χ0) is 23.0. The topological polar surface area (TPSA) is 75.0 Å². The molecule has 1 amide bonds. The summed E-state index contributed by atoms with van der Waals surface area (Å²) in [6.07, 6.45) is 9.03. The normalized spacial score (nSPS) is 20.8. The first kappa shape index (κ1) is 21.7. The highest BCUT2D eigenvalue weighted by Crippen LogP contribution is 2.38. The molecule has 2 aliphatic rings. The molecule has 0 spiro atoms. The lowest BCUT2D eigenvalue weighted by Gasteiger charge is -2.47. The maximum Gasteiger partial charge on any atom is 0.260 e. The molecule has 8 heteroatoms. The van der Waals surface area contributed by atoms with Crippen molar-refractivity contribution in [2.75, 3.05) is 43.0 Å². The molecule has 0 saturated carbocycles. The summed E-state index contributed by atoms with van der Waals surface area (Å²) in [5.41, 5.74) is 3.54. The van der Waals surface area contributed by atoms with Gasteiger partial charge in [-0.15, -0.1) is 0 Å². The van der Waals surface area contributed by atoms with Crippen LogP contribution in [-0.2, 0) is 0 Å². The third-order valence-corrected chi connectivity index (χ3v) is 7.10. The number of fused-ring (bicyclic) bond motifs is 2. The number of carbonyl (C=O) groups is 1. The molecular formula is C25H32N6O2. The van der Waals surface area contributed by atoms with Crippen LogP contribution in [-0.4, -0.2) is 63.5 Å². The van der Waals surface area contributed by atoms with E-state index in [1.807, 2.05) is 42.6 Å². The summed E-state index contributed by atoms with van der Waals surface area (Å²) in [6.45, 7) is 11.0. The second kappa shape index (κ2) is 8.67. The number of carbonyl (C=O) groups excluding carboxylic acids is 1. The van der Waals surface area contributed by atoms with E-state index in [4.69, 9.17) is 4.74 Å². The molecule has 3 aromatic rings. The quantitative estimate of drug-likeness (QED) is 0.619. The fourth-order valence-corrected chi connectivity index (χ4v) is 5.38. The largest absolute Gasteiger partial charge is 0.493 e. The average Bonchev–Trinajstić information content (AvgIpc) is 3.41. The molecule has 1 atom stereocenters. The van der Waals surface area contributed by atoms with Crippen molar-refractivity contribution < 1.29 is 9.53 Å². The third-order valence-electron chi connectivity index (χ3n) is 7.10. The number of ether oxygens (including phenoxy) is 1. The van der Waals surface area contributed by atoms with Crippen LogP contribution in [0.4, 0.5) is 11.5 Å². The Labute approximate surface area is 194 Å². The van der Waals surface area contributed by atoms with E-state index in [1.54, 1.807) is 12.4 Å². The Balaban J connectivity index is 1.38. The molecule has 1 aromatic carbocycles. The SMILES string of the molecule is CCOc1cc(N2CCN3CCC[C@@]3(CC)C2)ccc1C(=O)Nc1cn2cc(C)nc2cn1. The summed E-state index contributed by atoms with van der Waals surface area (Å²) in [5, 5.41) is 2.90. The minimum absolute atomic E-state index is 0.237. The smallest absolute Gasteiger partial charge is 0.260 e. The number of aromatic nitrogens is 3. The number of nitrogens with one attached hydrogen (secondary N) is 1. The van der Waals surface area contributed by atoms with Crippen LogP contribution >= 0.6 is 0 Å². The van der Waals surface area contributed by atoms with E-state index in [0.29, 0.717) is 23.7 Å². The van der Waals surface area contributed by atoms with Crippen LogP contribution in [0.3, 0.4) is 0 Å². The number of imidazole rings is 1. The van der Waals surface area contributed by atoms with E-state index >= 15 is 0 Å².